The number of halogens is 1. The van der Waals surface area contributed by atoms with Gasteiger partial charge in [0.15, 0.2) is 17.1 Å². The van der Waals surface area contributed by atoms with Crippen molar-refractivity contribution in [2.24, 2.45) is 0 Å². The largest absolute Gasteiger partial charge is 0.454 e. The maximum Gasteiger partial charge on any atom is 0.269 e. The van der Waals surface area contributed by atoms with Crippen LogP contribution in [-0.4, -0.2) is 19.3 Å². The Labute approximate surface area is 172 Å². The highest BCUT2D eigenvalue weighted by Crippen LogP contribution is 2.52. The van der Waals surface area contributed by atoms with Gasteiger partial charge in [-0.1, -0.05) is 30.3 Å². The molecule has 0 aliphatic carbocycles. The summed E-state index contributed by atoms with van der Waals surface area (Å²) in [7, 11) is 0. The maximum atomic E-state index is 13.9. The Kier molecular flexibility index (Phi) is 3.67. The fourth-order valence-corrected chi connectivity index (χ4v) is 4.68. The van der Waals surface area contributed by atoms with Crippen LogP contribution in [0.1, 0.15) is 22.3 Å². The van der Waals surface area contributed by atoms with Crippen molar-refractivity contribution in [3.05, 3.63) is 88.7 Å². The van der Waals surface area contributed by atoms with Crippen LogP contribution in [0.4, 0.5) is 10.1 Å². The summed E-state index contributed by atoms with van der Waals surface area (Å²) in [4.78, 5) is 15.7. The third-order valence-electron chi connectivity index (χ3n) is 6.04. The van der Waals surface area contributed by atoms with Crippen molar-refractivity contribution < 1.29 is 23.4 Å². The molecule has 0 N–H and O–H groups in total. The predicted octanol–water partition coefficient (Wildman–Crippen LogP) is 3.92. The maximum absolute atomic E-state index is 13.9. The minimum Gasteiger partial charge on any atom is -0.454 e. The molecule has 1 amide bonds. The Morgan fingerprint density at radius 3 is 2.70 bits per heavy atom. The topological polar surface area (TPSA) is 48.0 Å². The zero-order valence-electron chi connectivity index (χ0n) is 16.1. The lowest BCUT2D eigenvalue weighted by Crippen LogP contribution is -2.45. The van der Waals surface area contributed by atoms with E-state index in [0.29, 0.717) is 24.7 Å². The van der Waals surface area contributed by atoms with Crippen LogP contribution in [0.2, 0.25) is 0 Å². The first-order chi connectivity index (χ1) is 14.7. The zero-order valence-corrected chi connectivity index (χ0v) is 16.1. The van der Waals surface area contributed by atoms with Gasteiger partial charge in [-0.3, -0.25) is 4.79 Å². The molecule has 0 aromatic heterocycles. The highest BCUT2D eigenvalue weighted by Gasteiger charge is 2.56. The molecule has 0 fully saturated rings. The van der Waals surface area contributed by atoms with Crippen molar-refractivity contribution in [1.29, 1.82) is 0 Å². The molecular formula is C24H18FNO4. The van der Waals surface area contributed by atoms with Crippen molar-refractivity contribution in [1.82, 2.24) is 0 Å². The molecule has 0 radical (unpaired) electrons. The van der Waals surface area contributed by atoms with E-state index in [1.54, 1.807) is 17.0 Å². The molecule has 150 valence electrons. The van der Waals surface area contributed by atoms with Gasteiger partial charge in [0, 0.05) is 11.1 Å². The van der Waals surface area contributed by atoms with E-state index in [1.165, 1.54) is 12.1 Å². The van der Waals surface area contributed by atoms with E-state index in [1.807, 2.05) is 30.3 Å². The highest BCUT2D eigenvalue weighted by molar-refractivity contribution is 6.10. The van der Waals surface area contributed by atoms with Gasteiger partial charge in [-0.2, -0.15) is 0 Å². The minimum atomic E-state index is -1.22. The summed E-state index contributed by atoms with van der Waals surface area (Å²) in [6.45, 7) is 0.950. The number of ether oxygens (including phenoxy) is 3. The third kappa shape index (κ3) is 2.34. The number of fused-ring (bicyclic) bond motifs is 1. The van der Waals surface area contributed by atoms with Crippen LogP contribution in [0.15, 0.2) is 60.7 Å². The number of rotatable bonds is 3. The molecule has 5 nitrogen and oxygen atoms in total. The van der Waals surface area contributed by atoms with E-state index in [9.17, 15) is 9.18 Å². The van der Waals surface area contributed by atoms with E-state index >= 15 is 0 Å². The Balaban J connectivity index is 1.51. The van der Waals surface area contributed by atoms with Gasteiger partial charge in [0.1, 0.15) is 5.82 Å². The number of nitrogens with zero attached hydrogens (tertiary/aromatic N) is 1. The number of anilines is 1. The average molecular weight is 403 g/mol. The van der Waals surface area contributed by atoms with Crippen LogP contribution in [0.25, 0.3) is 0 Å². The van der Waals surface area contributed by atoms with Gasteiger partial charge in [0.25, 0.3) is 5.91 Å². The second-order valence-electron chi connectivity index (χ2n) is 7.68. The first-order valence-electron chi connectivity index (χ1n) is 9.90. The van der Waals surface area contributed by atoms with Crippen LogP contribution in [0.3, 0.4) is 0 Å². The quantitative estimate of drug-likeness (QED) is 0.665. The Hall–Kier alpha value is -3.38. The lowest BCUT2D eigenvalue weighted by Gasteiger charge is -2.34. The third-order valence-corrected chi connectivity index (χ3v) is 6.04. The van der Waals surface area contributed by atoms with Gasteiger partial charge >= 0.3 is 0 Å². The average Bonchev–Trinajstić information content (AvgIpc) is 3.34. The molecule has 1 unspecified atom stereocenters. The Morgan fingerprint density at radius 1 is 1.00 bits per heavy atom. The molecule has 6 heteroatoms. The molecule has 1 atom stereocenters. The van der Waals surface area contributed by atoms with Crippen molar-refractivity contribution >= 4 is 11.6 Å². The van der Waals surface area contributed by atoms with Crippen molar-refractivity contribution in [2.45, 2.75) is 18.6 Å². The van der Waals surface area contributed by atoms with Crippen LogP contribution in [0, 0.1) is 5.82 Å². The second-order valence-corrected chi connectivity index (χ2v) is 7.68. The first kappa shape index (κ1) is 17.5. The molecule has 3 aromatic rings. The lowest BCUT2D eigenvalue weighted by atomic mass is 9.82. The van der Waals surface area contributed by atoms with Crippen LogP contribution in [-0.2, 0) is 28.1 Å². The fourth-order valence-electron chi connectivity index (χ4n) is 4.68. The molecule has 3 aromatic carbocycles. The second kappa shape index (κ2) is 6.31. The monoisotopic (exact) mass is 403 g/mol. The molecule has 30 heavy (non-hydrogen) atoms. The van der Waals surface area contributed by atoms with Gasteiger partial charge in [0.05, 0.1) is 18.8 Å². The standard InChI is InChI=1S/C24H18FNO4/c25-18-7-4-15(5-8-18)13-26-19-3-1-2-16-10-11-30-24(22(16)19,23(26)27)17-6-9-20-21(12-17)29-14-28-20/h1-9,12H,10-11,13-14H2. The van der Waals surface area contributed by atoms with E-state index in [0.717, 1.165) is 34.4 Å². The van der Waals surface area contributed by atoms with E-state index in [4.69, 9.17) is 14.2 Å². The number of amides is 1. The number of hydrogen-bond donors (Lipinski definition) is 0. The Bertz CT molecular complexity index is 1180. The SMILES string of the molecule is O=C1N(Cc2ccc(F)cc2)c2cccc3c2C1(c1ccc2c(c1)OCO2)OCC3. The summed E-state index contributed by atoms with van der Waals surface area (Å²) in [5.74, 6) is 0.825. The van der Waals surface area contributed by atoms with Gasteiger partial charge in [-0.15, -0.1) is 0 Å². The predicted molar refractivity (Wildman–Crippen MR) is 107 cm³/mol. The lowest BCUT2D eigenvalue weighted by molar-refractivity contribution is -0.139. The summed E-state index contributed by atoms with van der Waals surface area (Å²) >= 11 is 0. The Morgan fingerprint density at radius 2 is 1.83 bits per heavy atom. The van der Waals surface area contributed by atoms with E-state index < -0.39 is 5.60 Å². The number of benzene rings is 3. The number of carbonyl (C=O) groups excluding carboxylic acids is 1. The summed E-state index contributed by atoms with van der Waals surface area (Å²) in [6, 6.07) is 17.7. The zero-order chi connectivity index (χ0) is 20.3. The van der Waals surface area contributed by atoms with Crippen LogP contribution >= 0.6 is 0 Å². The highest BCUT2D eigenvalue weighted by atomic mass is 19.1. The summed E-state index contributed by atoms with van der Waals surface area (Å²) in [5.41, 5.74) is 3.19. The van der Waals surface area contributed by atoms with Crippen LogP contribution in [0.5, 0.6) is 11.5 Å². The first-order valence-corrected chi connectivity index (χ1v) is 9.90. The number of hydrogen-bond acceptors (Lipinski definition) is 4. The number of carbonyl (C=O) groups is 1. The summed E-state index contributed by atoms with van der Waals surface area (Å²) in [6.07, 6.45) is 0.743. The normalized spacial score (nSPS) is 21.1. The van der Waals surface area contributed by atoms with Gasteiger partial charge < -0.3 is 19.1 Å². The molecule has 3 aliphatic heterocycles. The van der Waals surface area contributed by atoms with Crippen molar-refractivity contribution in [3.63, 3.8) is 0 Å². The smallest absolute Gasteiger partial charge is 0.269 e. The summed E-state index contributed by atoms with van der Waals surface area (Å²) in [5, 5.41) is 0. The summed E-state index contributed by atoms with van der Waals surface area (Å²) < 4.78 is 30.6. The van der Waals surface area contributed by atoms with Crippen molar-refractivity contribution in [3.8, 4) is 11.5 Å². The molecule has 0 saturated carbocycles. The molecule has 0 spiro atoms. The molecular weight excluding hydrogens is 385 g/mol. The minimum absolute atomic E-state index is 0.146. The van der Waals surface area contributed by atoms with Gasteiger partial charge in [0.2, 0.25) is 6.79 Å². The van der Waals surface area contributed by atoms with E-state index in [2.05, 4.69) is 6.07 Å². The molecule has 6 rings (SSSR count). The van der Waals surface area contributed by atoms with Crippen molar-refractivity contribution in [2.75, 3.05) is 18.3 Å². The molecule has 3 aliphatic rings. The fraction of sp³-hybridized carbons (Fsp3) is 0.208. The molecule has 3 heterocycles. The van der Waals surface area contributed by atoms with Gasteiger partial charge in [-0.05, 0) is 47.9 Å². The molecule has 0 saturated heterocycles. The van der Waals surface area contributed by atoms with Gasteiger partial charge in [-0.25, -0.2) is 4.39 Å². The van der Waals surface area contributed by atoms with Crippen LogP contribution < -0.4 is 14.4 Å². The molecule has 0 bridgehead atoms. The van der Waals surface area contributed by atoms with E-state index in [-0.39, 0.29) is 18.5 Å².